The van der Waals surface area contributed by atoms with Crippen LogP contribution >= 0.6 is 11.8 Å². The monoisotopic (exact) mass is 349 g/mol. The van der Waals surface area contributed by atoms with Crippen LogP contribution in [0.25, 0.3) is 11.7 Å². The van der Waals surface area contributed by atoms with Crippen molar-refractivity contribution in [3.8, 4) is 11.7 Å². The van der Waals surface area contributed by atoms with E-state index in [4.69, 9.17) is 8.83 Å². The lowest BCUT2D eigenvalue weighted by Crippen LogP contribution is -2.46. The number of rotatable bonds is 5. The third-order valence-corrected chi connectivity index (χ3v) is 5.75. The van der Waals surface area contributed by atoms with Crippen LogP contribution in [0.5, 0.6) is 0 Å². The van der Waals surface area contributed by atoms with Crippen LogP contribution < -0.4 is 5.32 Å². The van der Waals surface area contributed by atoms with Crippen molar-refractivity contribution in [2.75, 3.05) is 0 Å². The van der Waals surface area contributed by atoms with E-state index in [1.54, 1.807) is 18.4 Å². The molecule has 0 aliphatic heterocycles. The molecule has 0 bridgehead atoms. The molecule has 4 atom stereocenters. The Kier molecular flexibility index (Phi) is 5.28. The molecule has 2 aromatic rings. The summed E-state index contributed by atoms with van der Waals surface area (Å²) in [5.74, 6) is 2.03. The zero-order valence-corrected chi connectivity index (χ0v) is 15.0. The van der Waals surface area contributed by atoms with Crippen molar-refractivity contribution in [2.24, 2.45) is 11.8 Å². The van der Waals surface area contributed by atoms with Gasteiger partial charge < -0.3 is 14.2 Å². The van der Waals surface area contributed by atoms with Crippen molar-refractivity contribution in [2.45, 2.75) is 56.5 Å². The number of thioether (sulfide) groups is 1. The highest BCUT2D eigenvalue weighted by atomic mass is 32.2. The van der Waals surface area contributed by atoms with Gasteiger partial charge in [0.05, 0.1) is 11.5 Å². The minimum Gasteiger partial charge on any atom is -0.459 e. The van der Waals surface area contributed by atoms with E-state index in [1.165, 1.54) is 24.6 Å². The number of aromatic nitrogens is 2. The lowest BCUT2D eigenvalue weighted by atomic mass is 9.78. The van der Waals surface area contributed by atoms with E-state index in [0.29, 0.717) is 28.7 Å². The molecule has 1 amide bonds. The summed E-state index contributed by atoms with van der Waals surface area (Å²) in [4.78, 5) is 12.5. The zero-order chi connectivity index (χ0) is 17.1. The lowest BCUT2D eigenvalue weighted by molar-refractivity contribution is -0.121. The topological polar surface area (TPSA) is 81.2 Å². The van der Waals surface area contributed by atoms with Crippen LogP contribution in [0.3, 0.4) is 0 Å². The molecule has 130 valence electrons. The SMILES string of the molecule is C[C@H]1[C@@H](NC(=O)[C@@H](C)Sc2nnc(-c3ccco3)o2)CCC[C@@H]1C. The van der Waals surface area contributed by atoms with Crippen molar-refractivity contribution in [1.29, 1.82) is 0 Å². The molecule has 1 saturated carbocycles. The minimum atomic E-state index is -0.292. The molecular weight excluding hydrogens is 326 g/mol. The number of carbonyl (C=O) groups is 1. The summed E-state index contributed by atoms with van der Waals surface area (Å²) in [6, 6.07) is 3.77. The van der Waals surface area contributed by atoms with E-state index in [9.17, 15) is 4.79 Å². The van der Waals surface area contributed by atoms with Gasteiger partial charge in [-0.2, -0.15) is 0 Å². The number of hydrogen-bond acceptors (Lipinski definition) is 6. The molecule has 1 fully saturated rings. The van der Waals surface area contributed by atoms with E-state index in [-0.39, 0.29) is 17.2 Å². The van der Waals surface area contributed by atoms with Gasteiger partial charge in [0.15, 0.2) is 5.76 Å². The van der Waals surface area contributed by atoms with Crippen LogP contribution in [-0.2, 0) is 4.79 Å². The molecule has 2 heterocycles. The van der Waals surface area contributed by atoms with Gasteiger partial charge in [0.25, 0.3) is 11.1 Å². The molecule has 1 N–H and O–H groups in total. The molecule has 1 aliphatic rings. The Morgan fingerprint density at radius 2 is 2.21 bits per heavy atom. The third-order valence-electron chi connectivity index (χ3n) is 4.82. The van der Waals surface area contributed by atoms with Gasteiger partial charge in [-0.3, -0.25) is 4.79 Å². The summed E-state index contributed by atoms with van der Waals surface area (Å²) in [5.41, 5.74) is 0. The van der Waals surface area contributed by atoms with E-state index in [1.807, 2.05) is 6.92 Å². The second-order valence-electron chi connectivity index (χ2n) is 6.49. The highest BCUT2D eigenvalue weighted by molar-refractivity contribution is 8.00. The fourth-order valence-corrected chi connectivity index (χ4v) is 3.74. The third kappa shape index (κ3) is 3.83. The first-order chi connectivity index (χ1) is 11.5. The van der Waals surface area contributed by atoms with Crippen molar-refractivity contribution < 1.29 is 13.6 Å². The van der Waals surface area contributed by atoms with Crippen LogP contribution in [0.4, 0.5) is 0 Å². The van der Waals surface area contributed by atoms with Gasteiger partial charge in [-0.25, -0.2) is 0 Å². The van der Waals surface area contributed by atoms with Crippen LogP contribution in [-0.4, -0.2) is 27.4 Å². The highest BCUT2D eigenvalue weighted by Gasteiger charge is 2.30. The molecule has 0 saturated heterocycles. The van der Waals surface area contributed by atoms with Gasteiger partial charge in [-0.05, 0) is 37.3 Å². The molecule has 2 aromatic heterocycles. The van der Waals surface area contributed by atoms with Crippen molar-refractivity contribution in [1.82, 2.24) is 15.5 Å². The highest BCUT2D eigenvalue weighted by Crippen LogP contribution is 2.30. The molecule has 0 spiro atoms. The van der Waals surface area contributed by atoms with E-state index < -0.39 is 0 Å². The molecule has 3 rings (SSSR count). The number of nitrogens with zero attached hydrogens (tertiary/aromatic N) is 2. The molecule has 0 aromatic carbocycles. The molecule has 0 unspecified atom stereocenters. The number of nitrogens with one attached hydrogen (secondary N) is 1. The maximum atomic E-state index is 12.5. The van der Waals surface area contributed by atoms with Crippen LogP contribution in [0, 0.1) is 11.8 Å². The first-order valence-corrected chi connectivity index (χ1v) is 9.27. The maximum absolute atomic E-state index is 12.5. The quantitative estimate of drug-likeness (QED) is 0.828. The average molecular weight is 349 g/mol. The van der Waals surface area contributed by atoms with E-state index in [2.05, 4.69) is 29.4 Å². The van der Waals surface area contributed by atoms with Gasteiger partial charge in [-0.1, -0.05) is 38.5 Å². The normalized spacial score (nSPS) is 25.4. The van der Waals surface area contributed by atoms with E-state index >= 15 is 0 Å². The van der Waals surface area contributed by atoms with E-state index in [0.717, 1.165) is 6.42 Å². The van der Waals surface area contributed by atoms with Gasteiger partial charge in [0.1, 0.15) is 0 Å². The summed E-state index contributed by atoms with van der Waals surface area (Å²) < 4.78 is 10.8. The summed E-state index contributed by atoms with van der Waals surface area (Å²) in [7, 11) is 0. The fourth-order valence-electron chi connectivity index (χ4n) is 3.05. The largest absolute Gasteiger partial charge is 0.459 e. The summed E-state index contributed by atoms with van der Waals surface area (Å²) in [6.07, 6.45) is 5.02. The Balaban J connectivity index is 1.56. The number of amides is 1. The molecule has 24 heavy (non-hydrogen) atoms. The zero-order valence-electron chi connectivity index (χ0n) is 14.2. The smallest absolute Gasteiger partial charge is 0.284 e. The fraction of sp³-hybridized carbons (Fsp3) is 0.588. The first-order valence-electron chi connectivity index (χ1n) is 8.39. The van der Waals surface area contributed by atoms with Crippen LogP contribution in [0.1, 0.15) is 40.0 Å². The summed E-state index contributed by atoms with van der Waals surface area (Å²) in [6.45, 7) is 6.34. The van der Waals surface area contributed by atoms with Gasteiger partial charge in [0, 0.05) is 6.04 Å². The number of hydrogen-bond donors (Lipinski definition) is 1. The Hall–Kier alpha value is -1.76. The van der Waals surface area contributed by atoms with Gasteiger partial charge in [-0.15, -0.1) is 10.2 Å². The van der Waals surface area contributed by atoms with Gasteiger partial charge in [0.2, 0.25) is 5.91 Å². The standard InChI is InChI=1S/C17H23N3O3S/c1-10-6-4-7-13(11(10)2)18-15(21)12(3)24-17-20-19-16(23-17)14-8-5-9-22-14/h5,8-13H,4,6-7H2,1-3H3,(H,18,21)/t10-,11+,12+,13-/m0/s1. The Bertz CT molecular complexity index is 670. The van der Waals surface area contributed by atoms with Crippen molar-refractivity contribution >= 4 is 17.7 Å². The van der Waals surface area contributed by atoms with Crippen molar-refractivity contribution in [3.05, 3.63) is 18.4 Å². The Morgan fingerprint density at radius 1 is 1.38 bits per heavy atom. The second kappa shape index (κ2) is 7.42. The Morgan fingerprint density at radius 3 is 2.96 bits per heavy atom. The summed E-state index contributed by atoms with van der Waals surface area (Å²) in [5, 5.41) is 11.2. The molecule has 6 nitrogen and oxygen atoms in total. The molecule has 0 radical (unpaired) electrons. The molecular formula is C17H23N3O3S. The maximum Gasteiger partial charge on any atom is 0.284 e. The van der Waals surface area contributed by atoms with Gasteiger partial charge >= 0.3 is 0 Å². The predicted octanol–water partition coefficient (Wildman–Crippen LogP) is 3.75. The number of furan rings is 1. The van der Waals surface area contributed by atoms with Crippen LogP contribution in [0.15, 0.2) is 32.5 Å². The predicted molar refractivity (Wildman–Crippen MR) is 91.4 cm³/mol. The second-order valence-corrected chi connectivity index (χ2v) is 7.78. The van der Waals surface area contributed by atoms with Crippen LogP contribution in [0.2, 0.25) is 0 Å². The number of carbonyl (C=O) groups excluding carboxylic acids is 1. The summed E-state index contributed by atoms with van der Waals surface area (Å²) >= 11 is 1.27. The minimum absolute atomic E-state index is 0.0173. The first kappa shape index (κ1) is 17.1. The molecule has 7 heteroatoms. The molecule has 1 aliphatic carbocycles. The lowest BCUT2D eigenvalue weighted by Gasteiger charge is -2.35. The van der Waals surface area contributed by atoms with Crippen molar-refractivity contribution in [3.63, 3.8) is 0 Å². The Labute approximate surface area is 145 Å². The average Bonchev–Trinajstić information content (AvgIpc) is 3.22.